The Kier molecular flexibility index (Phi) is 4.87. The largest absolute Gasteiger partial charge is 0.388 e. The molecular weight excluding hydrogens is 326 g/mol. The van der Waals surface area contributed by atoms with Gasteiger partial charge in [-0.2, -0.15) is 0 Å². The van der Waals surface area contributed by atoms with Crippen LogP contribution in [0.4, 0.5) is 5.69 Å². The van der Waals surface area contributed by atoms with Crippen molar-refractivity contribution in [2.75, 3.05) is 18.0 Å². The molecule has 1 atom stereocenters. The van der Waals surface area contributed by atoms with Crippen LogP contribution in [0.1, 0.15) is 39.7 Å². The highest BCUT2D eigenvalue weighted by atomic mass is 16.3. The average molecular weight is 353 g/mol. The van der Waals surface area contributed by atoms with Gasteiger partial charge in [-0.1, -0.05) is 6.08 Å². The molecule has 1 aliphatic heterocycles. The lowest BCUT2D eigenvalue weighted by Crippen LogP contribution is -2.29. The lowest BCUT2D eigenvalue weighted by atomic mass is 10.1. The second-order valence-electron chi connectivity index (χ2n) is 7.31. The first-order valence-corrected chi connectivity index (χ1v) is 8.90. The maximum absolute atomic E-state index is 10.4. The number of β-amino-alcohol motifs (C(OH)–C–C–N with tert-alkyl or cyclic N) is 1. The van der Waals surface area contributed by atoms with Crippen molar-refractivity contribution in [3.8, 4) is 0 Å². The fraction of sp³-hybridized carbons (Fsp3) is 0.400. The van der Waals surface area contributed by atoms with Crippen LogP contribution in [0.2, 0.25) is 0 Å². The first-order chi connectivity index (χ1) is 12.3. The van der Waals surface area contributed by atoms with Gasteiger partial charge in [-0.3, -0.25) is 0 Å². The third-order valence-electron chi connectivity index (χ3n) is 4.70. The number of hydrogen-bond acceptors (Lipinski definition) is 5. The molecule has 6 heteroatoms. The summed E-state index contributed by atoms with van der Waals surface area (Å²) in [5.74, 6) is 0.516. The predicted octanol–water partition coefficient (Wildman–Crippen LogP) is 3.10. The molecule has 3 heterocycles. The van der Waals surface area contributed by atoms with Crippen molar-refractivity contribution in [2.24, 2.45) is 10.7 Å². The molecule has 1 unspecified atom stereocenters. The summed E-state index contributed by atoms with van der Waals surface area (Å²) in [6.45, 7) is 9.14. The van der Waals surface area contributed by atoms with E-state index in [0.717, 1.165) is 46.5 Å². The van der Waals surface area contributed by atoms with Crippen molar-refractivity contribution < 1.29 is 5.11 Å². The average Bonchev–Trinajstić information content (AvgIpc) is 3.17. The molecule has 6 nitrogen and oxygen atoms in total. The molecule has 1 aliphatic rings. The van der Waals surface area contributed by atoms with Gasteiger partial charge in [0.25, 0.3) is 0 Å². The number of pyridine rings is 1. The number of aliphatic hydroxyl groups is 1. The monoisotopic (exact) mass is 353 g/mol. The maximum atomic E-state index is 10.4. The molecule has 4 N–H and O–H groups in total. The molecule has 0 saturated carbocycles. The summed E-state index contributed by atoms with van der Waals surface area (Å²) in [5, 5.41) is 11.4. The molecule has 1 fully saturated rings. The van der Waals surface area contributed by atoms with Gasteiger partial charge in [0.05, 0.1) is 22.4 Å². The molecule has 26 heavy (non-hydrogen) atoms. The fourth-order valence-corrected chi connectivity index (χ4v) is 3.24. The van der Waals surface area contributed by atoms with Gasteiger partial charge < -0.3 is 20.7 Å². The van der Waals surface area contributed by atoms with E-state index in [2.05, 4.69) is 19.9 Å². The lowest BCUT2D eigenvalue weighted by molar-refractivity contribution is 0.0839. The number of nitrogens with two attached hydrogens (primary N) is 1. The Bertz CT molecular complexity index is 900. The van der Waals surface area contributed by atoms with Gasteiger partial charge in [0.1, 0.15) is 11.5 Å². The van der Waals surface area contributed by atoms with Crippen molar-refractivity contribution >= 4 is 22.4 Å². The number of fused-ring (bicyclic) bond motifs is 1. The van der Waals surface area contributed by atoms with Crippen LogP contribution >= 0.6 is 0 Å². The van der Waals surface area contributed by atoms with Gasteiger partial charge >= 0.3 is 0 Å². The van der Waals surface area contributed by atoms with Crippen molar-refractivity contribution in [3.63, 3.8) is 0 Å². The zero-order chi connectivity index (χ0) is 18.9. The molecule has 0 amide bonds. The third kappa shape index (κ3) is 3.51. The van der Waals surface area contributed by atoms with Gasteiger partial charge in [-0.25, -0.2) is 9.98 Å². The molecule has 3 rings (SSSR count). The normalized spacial score (nSPS) is 21.1. The van der Waals surface area contributed by atoms with Crippen LogP contribution in [0, 0.1) is 0 Å². The number of aromatic nitrogens is 2. The van der Waals surface area contributed by atoms with Gasteiger partial charge in [0, 0.05) is 31.0 Å². The molecule has 0 radical (unpaired) electrons. The number of aliphatic imine (C=N–C) groups is 1. The van der Waals surface area contributed by atoms with Crippen LogP contribution in [-0.2, 0) is 0 Å². The van der Waals surface area contributed by atoms with E-state index in [9.17, 15) is 5.11 Å². The minimum Gasteiger partial charge on any atom is -0.388 e. The Morgan fingerprint density at radius 2 is 2.23 bits per heavy atom. The van der Waals surface area contributed by atoms with E-state index in [-0.39, 0.29) is 0 Å². The highest BCUT2D eigenvalue weighted by molar-refractivity contribution is 6.18. The summed E-state index contributed by atoms with van der Waals surface area (Å²) in [6.07, 6.45) is 8.37. The lowest BCUT2D eigenvalue weighted by Gasteiger charge is -2.22. The van der Waals surface area contributed by atoms with Crippen LogP contribution in [0.5, 0.6) is 0 Å². The molecule has 0 bridgehead atoms. The number of rotatable bonds is 4. The van der Waals surface area contributed by atoms with E-state index in [1.54, 1.807) is 6.20 Å². The Labute approximate surface area is 154 Å². The standard InChI is InChI=1S/C20H27N5O/c1-5-6-15(24-18(21)13(2)3)14-11-23-19-17(14)16(7-9-22-19)25-10-8-20(4,26)12-25/h5-7,9,11,26H,8,10,12,21H2,1-4H3,(H,22,23)/b6-5-,24-15+. The van der Waals surface area contributed by atoms with E-state index in [1.807, 2.05) is 52.1 Å². The number of H-pyrrole nitrogens is 1. The Hall–Kier alpha value is -2.60. The van der Waals surface area contributed by atoms with Crippen molar-refractivity contribution in [3.05, 3.63) is 47.6 Å². The highest BCUT2D eigenvalue weighted by Crippen LogP contribution is 2.33. The summed E-state index contributed by atoms with van der Waals surface area (Å²) >= 11 is 0. The van der Waals surface area contributed by atoms with Crippen LogP contribution in [0.3, 0.4) is 0 Å². The highest BCUT2D eigenvalue weighted by Gasteiger charge is 2.32. The molecule has 2 aromatic heterocycles. The van der Waals surface area contributed by atoms with Crippen molar-refractivity contribution in [2.45, 2.75) is 39.7 Å². The molecule has 1 saturated heterocycles. The van der Waals surface area contributed by atoms with E-state index in [4.69, 9.17) is 5.73 Å². The van der Waals surface area contributed by atoms with E-state index < -0.39 is 5.60 Å². The summed E-state index contributed by atoms with van der Waals surface area (Å²) < 4.78 is 0. The summed E-state index contributed by atoms with van der Waals surface area (Å²) in [7, 11) is 0. The summed E-state index contributed by atoms with van der Waals surface area (Å²) in [5.41, 5.74) is 9.99. The summed E-state index contributed by atoms with van der Waals surface area (Å²) in [4.78, 5) is 14.5. The second kappa shape index (κ2) is 6.96. The van der Waals surface area contributed by atoms with Gasteiger partial charge in [-0.15, -0.1) is 0 Å². The second-order valence-corrected chi connectivity index (χ2v) is 7.31. The zero-order valence-corrected chi connectivity index (χ0v) is 15.9. The number of allylic oxidation sites excluding steroid dienone is 3. The number of nitrogens with zero attached hydrogens (tertiary/aromatic N) is 3. The molecule has 2 aromatic rings. The summed E-state index contributed by atoms with van der Waals surface area (Å²) in [6, 6.07) is 2.00. The number of nitrogens with one attached hydrogen (secondary N) is 1. The maximum Gasteiger partial charge on any atom is 0.140 e. The molecule has 0 spiro atoms. The van der Waals surface area contributed by atoms with Crippen LogP contribution in [-0.4, -0.2) is 39.5 Å². The smallest absolute Gasteiger partial charge is 0.140 e. The van der Waals surface area contributed by atoms with Crippen LogP contribution in [0.25, 0.3) is 11.0 Å². The zero-order valence-electron chi connectivity index (χ0n) is 15.9. The first-order valence-electron chi connectivity index (χ1n) is 8.90. The van der Waals surface area contributed by atoms with Crippen molar-refractivity contribution in [1.82, 2.24) is 9.97 Å². The van der Waals surface area contributed by atoms with Crippen LogP contribution < -0.4 is 10.6 Å². The minimum atomic E-state index is -0.668. The number of aromatic amines is 1. The van der Waals surface area contributed by atoms with Gasteiger partial charge in [0.2, 0.25) is 0 Å². The number of anilines is 1. The Morgan fingerprint density at radius 3 is 2.85 bits per heavy atom. The number of hydrogen-bond donors (Lipinski definition) is 3. The molecule has 0 aliphatic carbocycles. The van der Waals surface area contributed by atoms with E-state index in [1.165, 1.54) is 0 Å². The van der Waals surface area contributed by atoms with Crippen LogP contribution in [0.15, 0.2) is 47.0 Å². The van der Waals surface area contributed by atoms with E-state index >= 15 is 0 Å². The third-order valence-corrected chi connectivity index (χ3v) is 4.70. The first kappa shape index (κ1) is 18.2. The molecule has 138 valence electrons. The molecular formula is C20H27N5O. The van der Waals surface area contributed by atoms with E-state index in [0.29, 0.717) is 12.4 Å². The Balaban J connectivity index is 2.17. The molecule has 0 aromatic carbocycles. The fourth-order valence-electron chi connectivity index (χ4n) is 3.24. The topological polar surface area (TPSA) is 90.5 Å². The SMILES string of the molecule is C/C=C\C(=N/C(N)=C(C)C)c1c[nH]c2nccc(N3CCC(C)(O)C3)c12. The quantitative estimate of drug-likeness (QED) is 0.737. The predicted molar refractivity (Wildman–Crippen MR) is 107 cm³/mol. The Morgan fingerprint density at radius 1 is 1.46 bits per heavy atom. The van der Waals surface area contributed by atoms with Gasteiger partial charge in [0.15, 0.2) is 0 Å². The van der Waals surface area contributed by atoms with Gasteiger partial charge in [-0.05, 0) is 51.8 Å². The van der Waals surface area contributed by atoms with Crippen molar-refractivity contribution in [1.29, 1.82) is 0 Å². The minimum absolute atomic E-state index is 0.516.